The van der Waals surface area contributed by atoms with Gasteiger partial charge in [-0.15, -0.1) is 0 Å². The van der Waals surface area contributed by atoms with Crippen molar-refractivity contribution >= 4 is 0 Å². The molecule has 0 aliphatic rings. The van der Waals surface area contributed by atoms with Gasteiger partial charge in [-0.05, 0) is 32.1 Å². The summed E-state index contributed by atoms with van der Waals surface area (Å²) >= 11 is 0. The smallest absolute Gasteiger partial charge is 0.369 e. The first-order valence-electron chi connectivity index (χ1n) is 26.4. The van der Waals surface area contributed by atoms with Gasteiger partial charge in [-0.2, -0.15) is 0 Å². The van der Waals surface area contributed by atoms with Gasteiger partial charge in [-0.3, -0.25) is 0 Å². The zero-order valence-electron chi connectivity index (χ0n) is 40.6. The first-order chi connectivity index (χ1) is 29.2. The zero-order chi connectivity index (χ0) is 44.2. The lowest BCUT2D eigenvalue weighted by Crippen LogP contribution is -2.35. The summed E-state index contributed by atoms with van der Waals surface area (Å²) in [7, 11) is 0. The van der Waals surface area contributed by atoms with Gasteiger partial charge >= 0.3 is 11.9 Å². The average molecular weight is 857 g/mol. The van der Waals surface area contributed by atoms with Crippen LogP contribution in [-0.2, 0) is 18.9 Å². The lowest BCUT2D eigenvalue weighted by atomic mass is 9.98. The van der Waals surface area contributed by atoms with Crippen molar-refractivity contribution in [3.05, 3.63) is 11.9 Å². The van der Waals surface area contributed by atoms with Crippen LogP contribution in [0.3, 0.4) is 0 Å². The Kier molecular flexibility index (Phi) is 43.5. The fourth-order valence-electron chi connectivity index (χ4n) is 7.91. The molecule has 0 spiro atoms. The summed E-state index contributed by atoms with van der Waals surface area (Å²) in [4.78, 5) is 0. The Hall–Kier alpha value is -1.22. The van der Waals surface area contributed by atoms with Gasteiger partial charge < -0.3 is 39.4 Å². The molecule has 4 unspecified atom stereocenters. The first kappa shape index (κ1) is 58.8. The third-order valence-electron chi connectivity index (χ3n) is 11.9. The highest BCUT2D eigenvalue weighted by Crippen LogP contribution is 2.32. The summed E-state index contributed by atoms with van der Waals surface area (Å²) in [6.45, 7) is 11.1. The third-order valence-corrected chi connectivity index (χ3v) is 11.9. The highest BCUT2D eigenvalue weighted by Gasteiger charge is 2.35. The highest BCUT2D eigenvalue weighted by atomic mass is 16.8. The third kappa shape index (κ3) is 38.5. The maximum absolute atomic E-state index is 12.3. The molecule has 0 amide bonds. The maximum Gasteiger partial charge on any atom is 0.369 e. The quantitative estimate of drug-likeness (QED) is 0.0271. The number of aliphatic hydroxyl groups is 4. The Bertz CT molecular complexity index is 871. The minimum Gasteiger partial charge on any atom is -0.430 e. The normalized spacial score (nSPS) is 14.1. The molecule has 0 rings (SSSR count). The molecule has 0 radical (unpaired) electrons. The van der Waals surface area contributed by atoms with E-state index in [-0.39, 0.29) is 11.9 Å². The molecule has 360 valence electrons. The molecule has 0 aromatic rings. The number of hydrogen-bond acceptors (Lipinski definition) is 8. The molecule has 0 fully saturated rings. The van der Waals surface area contributed by atoms with Gasteiger partial charge in [0.15, 0.2) is 0 Å². The molecule has 0 saturated heterocycles. The van der Waals surface area contributed by atoms with Crippen molar-refractivity contribution in [2.24, 2.45) is 0 Å². The molecule has 8 heteroatoms. The Morgan fingerprint density at radius 1 is 0.317 bits per heavy atom. The van der Waals surface area contributed by atoms with Crippen LogP contribution in [0.2, 0.25) is 0 Å². The predicted octanol–water partition coefficient (Wildman–Crippen LogP) is 15.9. The second kappa shape index (κ2) is 44.4. The van der Waals surface area contributed by atoms with Crippen molar-refractivity contribution in [3.8, 4) is 0 Å². The first-order valence-corrected chi connectivity index (χ1v) is 26.4. The number of aliphatic hydroxyl groups excluding tert-OH is 3. The molecule has 4 atom stereocenters. The monoisotopic (exact) mass is 857 g/mol. The van der Waals surface area contributed by atoms with Crippen LogP contribution < -0.4 is 0 Å². The van der Waals surface area contributed by atoms with E-state index in [1.165, 1.54) is 135 Å². The summed E-state index contributed by atoms with van der Waals surface area (Å²) in [5.41, 5.74) is 0. The SMILES string of the molecule is CCCCCCCCCCC(O)(CCCCCCCCC)OC(OC(O)CCCCCCCCC)=C(OC(O)CCCCCCCCC)OC(O)CCCCCCCCC. The number of ether oxygens (including phenoxy) is 4. The molecule has 0 heterocycles. The van der Waals surface area contributed by atoms with Crippen molar-refractivity contribution in [3.63, 3.8) is 0 Å². The van der Waals surface area contributed by atoms with Gasteiger partial charge in [0, 0.05) is 32.1 Å². The van der Waals surface area contributed by atoms with Gasteiger partial charge in [0.2, 0.25) is 24.7 Å². The van der Waals surface area contributed by atoms with E-state index in [4.69, 9.17) is 18.9 Å². The summed E-state index contributed by atoms with van der Waals surface area (Å²) in [6, 6.07) is 0. The van der Waals surface area contributed by atoms with Crippen LogP contribution in [0, 0.1) is 0 Å². The number of hydrogen-bond donors (Lipinski definition) is 4. The van der Waals surface area contributed by atoms with E-state index >= 15 is 0 Å². The largest absolute Gasteiger partial charge is 0.430 e. The van der Waals surface area contributed by atoms with Crippen LogP contribution in [0.5, 0.6) is 0 Å². The van der Waals surface area contributed by atoms with E-state index < -0.39 is 24.7 Å². The molecule has 0 aliphatic heterocycles. The van der Waals surface area contributed by atoms with E-state index in [0.717, 1.165) is 96.3 Å². The summed E-state index contributed by atoms with van der Waals surface area (Å²) < 4.78 is 24.8. The highest BCUT2D eigenvalue weighted by molar-refractivity contribution is 4.91. The molecule has 60 heavy (non-hydrogen) atoms. The van der Waals surface area contributed by atoms with Crippen LogP contribution in [0.15, 0.2) is 11.9 Å². The van der Waals surface area contributed by atoms with E-state index in [9.17, 15) is 20.4 Å². The standard InChI is InChI=1S/C52H104O8/c1-6-11-16-21-26-31-36-41-46-52(56,45-40-35-30-25-20-15-10-5)60-51(59-49(55)44-39-34-29-24-19-14-9-4)50(57-47(53)42-37-32-27-22-17-12-7-2)58-48(54)43-38-33-28-23-18-13-8-3/h47-49,53-56H,6-46H2,1-5H3. The van der Waals surface area contributed by atoms with E-state index in [1.54, 1.807) is 0 Å². The van der Waals surface area contributed by atoms with Crippen molar-refractivity contribution in [1.29, 1.82) is 0 Å². The average Bonchev–Trinajstić information content (AvgIpc) is 3.23. The summed E-state index contributed by atoms with van der Waals surface area (Å²) in [5.74, 6) is -2.17. The molecule has 0 bridgehead atoms. The van der Waals surface area contributed by atoms with E-state index in [1.807, 2.05) is 0 Å². The predicted molar refractivity (Wildman–Crippen MR) is 252 cm³/mol. The zero-order valence-corrected chi connectivity index (χ0v) is 40.6. The van der Waals surface area contributed by atoms with Gasteiger partial charge in [0.1, 0.15) is 0 Å². The maximum atomic E-state index is 12.3. The molecular formula is C52H104O8. The lowest BCUT2D eigenvalue weighted by Gasteiger charge is -2.32. The van der Waals surface area contributed by atoms with E-state index in [0.29, 0.717) is 32.1 Å². The molecule has 0 aromatic heterocycles. The molecule has 4 N–H and O–H groups in total. The Morgan fingerprint density at radius 3 is 0.800 bits per heavy atom. The van der Waals surface area contributed by atoms with Crippen molar-refractivity contribution < 1.29 is 39.4 Å². The Labute approximate surface area is 372 Å². The Balaban J connectivity index is 6.32. The van der Waals surface area contributed by atoms with E-state index in [2.05, 4.69) is 34.6 Å². The second-order valence-corrected chi connectivity index (χ2v) is 18.2. The number of unbranched alkanes of at least 4 members (excludes halogenated alkanes) is 31. The lowest BCUT2D eigenvalue weighted by molar-refractivity contribution is -0.258. The van der Waals surface area contributed by atoms with Crippen LogP contribution in [0.1, 0.15) is 298 Å². The van der Waals surface area contributed by atoms with Crippen LogP contribution in [-0.4, -0.2) is 45.1 Å². The second-order valence-electron chi connectivity index (χ2n) is 18.2. The van der Waals surface area contributed by atoms with Gasteiger partial charge in [0.25, 0.3) is 0 Å². The van der Waals surface area contributed by atoms with Crippen molar-refractivity contribution in [2.75, 3.05) is 0 Å². The minimum absolute atomic E-state index is 0.285. The van der Waals surface area contributed by atoms with Crippen molar-refractivity contribution in [2.45, 2.75) is 323 Å². The Morgan fingerprint density at radius 2 is 0.533 bits per heavy atom. The molecule has 8 nitrogen and oxygen atoms in total. The summed E-state index contributed by atoms with van der Waals surface area (Å²) in [6.07, 6.45) is 38.3. The molecule has 0 saturated carbocycles. The fourth-order valence-corrected chi connectivity index (χ4v) is 7.91. The fraction of sp³-hybridized carbons (Fsp3) is 0.962. The van der Waals surface area contributed by atoms with Gasteiger partial charge in [-0.25, -0.2) is 0 Å². The number of rotatable bonds is 49. The van der Waals surface area contributed by atoms with Crippen molar-refractivity contribution in [1.82, 2.24) is 0 Å². The topological polar surface area (TPSA) is 118 Å². The molecule has 0 aliphatic carbocycles. The minimum atomic E-state index is -1.59. The van der Waals surface area contributed by atoms with Crippen LogP contribution in [0.4, 0.5) is 0 Å². The molecular weight excluding hydrogens is 753 g/mol. The van der Waals surface area contributed by atoms with Crippen LogP contribution in [0.25, 0.3) is 0 Å². The van der Waals surface area contributed by atoms with Gasteiger partial charge in [0.05, 0.1) is 0 Å². The van der Waals surface area contributed by atoms with Gasteiger partial charge in [-0.1, -0.05) is 234 Å². The summed E-state index contributed by atoms with van der Waals surface area (Å²) in [5, 5.41) is 46.0. The van der Waals surface area contributed by atoms with Crippen LogP contribution >= 0.6 is 0 Å². The molecule has 0 aromatic carbocycles.